The molecule has 2 aromatic carbocycles. The van der Waals surface area contributed by atoms with E-state index in [1.54, 1.807) is 30.3 Å². The SMILES string of the molecule is CCc1ccc(CC(=O)N/N=C\c2ccc(-c3ccc(Cl)cc3Cl)o2)cc1. The van der Waals surface area contributed by atoms with Crippen molar-refractivity contribution < 1.29 is 9.21 Å². The lowest BCUT2D eigenvalue weighted by Gasteiger charge is -2.02. The molecule has 0 aliphatic heterocycles. The van der Waals surface area contributed by atoms with E-state index in [0.717, 1.165) is 17.5 Å². The highest BCUT2D eigenvalue weighted by atomic mass is 35.5. The van der Waals surface area contributed by atoms with Gasteiger partial charge in [0.25, 0.3) is 0 Å². The van der Waals surface area contributed by atoms with Gasteiger partial charge in [0.15, 0.2) is 0 Å². The molecule has 1 heterocycles. The highest BCUT2D eigenvalue weighted by Crippen LogP contribution is 2.31. The molecular formula is C21H18Cl2N2O2. The number of furan rings is 1. The van der Waals surface area contributed by atoms with Gasteiger partial charge in [-0.05, 0) is 47.9 Å². The first-order chi connectivity index (χ1) is 13.0. The molecule has 0 spiro atoms. The molecule has 0 aliphatic rings. The van der Waals surface area contributed by atoms with Crippen LogP contribution in [0.4, 0.5) is 0 Å². The Labute approximate surface area is 167 Å². The van der Waals surface area contributed by atoms with Crippen molar-refractivity contribution in [2.75, 3.05) is 0 Å². The predicted octanol–water partition coefficient (Wildman–Crippen LogP) is 5.51. The Morgan fingerprint density at radius 1 is 1.07 bits per heavy atom. The minimum Gasteiger partial charge on any atom is -0.455 e. The van der Waals surface area contributed by atoms with Crippen LogP contribution in [0.5, 0.6) is 0 Å². The molecule has 0 saturated heterocycles. The lowest BCUT2D eigenvalue weighted by molar-refractivity contribution is -0.120. The van der Waals surface area contributed by atoms with Gasteiger partial charge in [0.2, 0.25) is 5.91 Å². The van der Waals surface area contributed by atoms with E-state index in [4.69, 9.17) is 27.6 Å². The summed E-state index contributed by atoms with van der Waals surface area (Å²) in [5.74, 6) is 0.909. The maximum absolute atomic E-state index is 12.0. The summed E-state index contributed by atoms with van der Waals surface area (Å²) in [6, 6.07) is 16.7. The molecule has 0 radical (unpaired) electrons. The van der Waals surface area contributed by atoms with Crippen molar-refractivity contribution in [2.24, 2.45) is 5.10 Å². The summed E-state index contributed by atoms with van der Waals surface area (Å²) >= 11 is 12.1. The zero-order valence-corrected chi connectivity index (χ0v) is 16.2. The largest absolute Gasteiger partial charge is 0.455 e. The van der Waals surface area contributed by atoms with Gasteiger partial charge in [-0.15, -0.1) is 0 Å². The summed E-state index contributed by atoms with van der Waals surface area (Å²) in [5, 5.41) is 5.00. The van der Waals surface area contributed by atoms with Gasteiger partial charge in [0.05, 0.1) is 17.7 Å². The van der Waals surface area contributed by atoms with Crippen LogP contribution in [-0.2, 0) is 17.6 Å². The third-order valence-electron chi connectivity index (χ3n) is 4.00. The number of hydrogen-bond acceptors (Lipinski definition) is 3. The Bertz CT molecular complexity index is 963. The van der Waals surface area contributed by atoms with Crippen LogP contribution < -0.4 is 5.43 Å². The van der Waals surface area contributed by atoms with Crippen LogP contribution in [0, 0.1) is 0 Å². The van der Waals surface area contributed by atoms with Crippen LogP contribution in [0.15, 0.2) is 64.1 Å². The molecule has 0 aliphatic carbocycles. The normalized spacial score (nSPS) is 11.1. The lowest BCUT2D eigenvalue weighted by atomic mass is 10.1. The van der Waals surface area contributed by atoms with Crippen molar-refractivity contribution in [2.45, 2.75) is 19.8 Å². The van der Waals surface area contributed by atoms with Crippen molar-refractivity contribution in [1.82, 2.24) is 5.43 Å². The number of halogens is 2. The molecule has 6 heteroatoms. The van der Waals surface area contributed by atoms with Crippen molar-refractivity contribution >= 4 is 35.3 Å². The minimum atomic E-state index is -0.192. The number of hydrazone groups is 1. The monoisotopic (exact) mass is 400 g/mol. The van der Waals surface area contributed by atoms with Crippen molar-refractivity contribution in [3.05, 3.63) is 81.5 Å². The Kier molecular flexibility index (Phi) is 6.32. The molecular weight excluding hydrogens is 383 g/mol. The average molecular weight is 401 g/mol. The molecule has 1 N–H and O–H groups in total. The third kappa shape index (κ3) is 5.22. The molecule has 3 rings (SSSR count). The minimum absolute atomic E-state index is 0.192. The maximum Gasteiger partial charge on any atom is 0.244 e. The van der Waals surface area contributed by atoms with E-state index in [0.29, 0.717) is 21.6 Å². The fourth-order valence-electron chi connectivity index (χ4n) is 2.54. The fourth-order valence-corrected chi connectivity index (χ4v) is 3.04. The summed E-state index contributed by atoms with van der Waals surface area (Å²) in [5.41, 5.74) is 5.42. The first-order valence-corrected chi connectivity index (χ1v) is 9.25. The second-order valence-corrected chi connectivity index (χ2v) is 6.81. The average Bonchev–Trinajstić information content (AvgIpc) is 3.11. The summed E-state index contributed by atoms with van der Waals surface area (Å²) in [6.07, 6.45) is 2.69. The first kappa shape index (κ1) is 19.2. The van der Waals surface area contributed by atoms with E-state index >= 15 is 0 Å². The molecule has 1 aromatic heterocycles. The lowest BCUT2D eigenvalue weighted by Crippen LogP contribution is -2.19. The van der Waals surface area contributed by atoms with Gasteiger partial charge in [-0.3, -0.25) is 4.79 Å². The molecule has 0 bridgehead atoms. The van der Waals surface area contributed by atoms with Gasteiger partial charge >= 0.3 is 0 Å². The predicted molar refractivity (Wildman–Crippen MR) is 109 cm³/mol. The van der Waals surface area contributed by atoms with Gasteiger partial charge in [0.1, 0.15) is 11.5 Å². The molecule has 0 unspecified atom stereocenters. The Hall–Kier alpha value is -2.56. The number of hydrogen-bond donors (Lipinski definition) is 1. The molecule has 4 nitrogen and oxygen atoms in total. The number of nitrogens with zero attached hydrogens (tertiary/aromatic N) is 1. The summed E-state index contributed by atoms with van der Waals surface area (Å²) in [6.45, 7) is 2.09. The number of benzene rings is 2. The molecule has 0 atom stereocenters. The van der Waals surface area contributed by atoms with Gasteiger partial charge in [-0.2, -0.15) is 5.10 Å². The van der Waals surface area contributed by atoms with Gasteiger partial charge in [0, 0.05) is 10.6 Å². The highest BCUT2D eigenvalue weighted by Gasteiger charge is 2.08. The first-order valence-electron chi connectivity index (χ1n) is 8.50. The van der Waals surface area contributed by atoms with E-state index in [2.05, 4.69) is 17.5 Å². The second-order valence-electron chi connectivity index (χ2n) is 5.97. The Morgan fingerprint density at radius 3 is 2.52 bits per heavy atom. The number of aryl methyl sites for hydroxylation is 1. The maximum atomic E-state index is 12.0. The molecule has 1 amide bonds. The summed E-state index contributed by atoms with van der Waals surface area (Å²) in [4.78, 5) is 12.0. The standard InChI is InChI=1S/C21H18Cl2N2O2/c1-2-14-3-5-15(6-4-14)11-21(26)25-24-13-17-8-10-20(27-17)18-9-7-16(22)12-19(18)23/h3-10,12-13H,2,11H2,1H3,(H,25,26)/b24-13-. The molecule has 3 aromatic rings. The van der Waals surface area contributed by atoms with Crippen molar-refractivity contribution in [3.63, 3.8) is 0 Å². The Morgan fingerprint density at radius 2 is 1.81 bits per heavy atom. The summed E-state index contributed by atoms with van der Waals surface area (Å²) in [7, 11) is 0. The second kappa shape index (κ2) is 8.89. The van der Waals surface area contributed by atoms with E-state index in [-0.39, 0.29) is 12.3 Å². The number of carbonyl (C=O) groups excluding carboxylic acids is 1. The number of nitrogens with one attached hydrogen (secondary N) is 1. The van der Waals surface area contributed by atoms with E-state index in [1.165, 1.54) is 11.8 Å². The van der Waals surface area contributed by atoms with Crippen LogP contribution in [0.25, 0.3) is 11.3 Å². The van der Waals surface area contributed by atoms with Crippen LogP contribution in [0.1, 0.15) is 23.8 Å². The van der Waals surface area contributed by atoms with Crippen LogP contribution in [0.2, 0.25) is 10.0 Å². The van der Waals surface area contributed by atoms with Crippen LogP contribution in [0.3, 0.4) is 0 Å². The number of rotatable bonds is 6. The zero-order valence-electron chi connectivity index (χ0n) is 14.7. The molecule has 138 valence electrons. The highest BCUT2D eigenvalue weighted by molar-refractivity contribution is 6.36. The van der Waals surface area contributed by atoms with Crippen molar-refractivity contribution in [1.29, 1.82) is 0 Å². The van der Waals surface area contributed by atoms with Crippen LogP contribution in [-0.4, -0.2) is 12.1 Å². The van der Waals surface area contributed by atoms with Gasteiger partial charge < -0.3 is 4.42 Å². The Balaban J connectivity index is 1.58. The van der Waals surface area contributed by atoms with Gasteiger partial charge in [-0.25, -0.2) is 5.43 Å². The van der Waals surface area contributed by atoms with E-state index in [1.807, 2.05) is 24.3 Å². The van der Waals surface area contributed by atoms with Crippen LogP contribution >= 0.6 is 23.2 Å². The topological polar surface area (TPSA) is 54.6 Å². The zero-order chi connectivity index (χ0) is 19.2. The quantitative estimate of drug-likeness (QED) is 0.438. The third-order valence-corrected chi connectivity index (χ3v) is 4.55. The van der Waals surface area contributed by atoms with Gasteiger partial charge in [-0.1, -0.05) is 54.4 Å². The number of amides is 1. The molecule has 0 saturated carbocycles. The van der Waals surface area contributed by atoms with Crippen molar-refractivity contribution in [3.8, 4) is 11.3 Å². The smallest absolute Gasteiger partial charge is 0.244 e. The number of carbonyl (C=O) groups is 1. The van der Waals surface area contributed by atoms with E-state index < -0.39 is 0 Å². The molecule has 0 fully saturated rings. The molecule has 27 heavy (non-hydrogen) atoms. The summed E-state index contributed by atoms with van der Waals surface area (Å²) < 4.78 is 5.69. The van der Waals surface area contributed by atoms with E-state index in [9.17, 15) is 4.79 Å². The fraction of sp³-hybridized carbons (Fsp3) is 0.143.